The molecular formula is C17H19ClN2O3. The molecule has 2 aliphatic rings. The van der Waals surface area contributed by atoms with Crippen molar-refractivity contribution in [2.45, 2.75) is 19.3 Å². The van der Waals surface area contributed by atoms with Crippen molar-refractivity contribution in [3.8, 4) is 0 Å². The van der Waals surface area contributed by atoms with Gasteiger partial charge in [0.25, 0.3) is 0 Å². The topological polar surface area (TPSA) is 71.3 Å². The van der Waals surface area contributed by atoms with E-state index in [4.69, 9.17) is 4.42 Å². The smallest absolute Gasteiger partial charge is 0.336 e. The third-order valence-corrected chi connectivity index (χ3v) is 4.99. The van der Waals surface area contributed by atoms with E-state index in [-0.39, 0.29) is 35.3 Å². The Hall–Kier alpha value is -1.85. The fraction of sp³-hybridized carbons (Fsp3) is 0.412. The van der Waals surface area contributed by atoms with Gasteiger partial charge < -0.3 is 15.1 Å². The van der Waals surface area contributed by atoms with Crippen LogP contribution >= 0.6 is 12.4 Å². The second kappa shape index (κ2) is 5.98. The highest BCUT2D eigenvalue weighted by molar-refractivity contribution is 5.96. The molecule has 0 radical (unpaired) electrons. The van der Waals surface area contributed by atoms with Gasteiger partial charge in [-0.15, -0.1) is 12.4 Å². The summed E-state index contributed by atoms with van der Waals surface area (Å²) in [4.78, 5) is 23.6. The summed E-state index contributed by atoms with van der Waals surface area (Å²) in [6.07, 6.45) is 3.19. The lowest BCUT2D eigenvalue weighted by Gasteiger charge is -2.23. The highest BCUT2D eigenvalue weighted by Crippen LogP contribution is 2.58. The SMILES string of the molecule is Cl.O=C(Nc1ccc2oc(=O)ccc2c1)C1CC12CCNCC2. The maximum atomic E-state index is 12.4. The molecule has 4 rings (SSSR count). The molecule has 1 amide bonds. The third kappa shape index (κ3) is 2.99. The Morgan fingerprint density at radius 2 is 2.00 bits per heavy atom. The Morgan fingerprint density at radius 1 is 1.22 bits per heavy atom. The summed E-state index contributed by atoms with van der Waals surface area (Å²) >= 11 is 0. The van der Waals surface area contributed by atoms with Crippen LogP contribution in [0.3, 0.4) is 0 Å². The molecule has 1 saturated heterocycles. The van der Waals surface area contributed by atoms with Crippen LogP contribution in [0.25, 0.3) is 11.0 Å². The number of anilines is 1. The number of fused-ring (bicyclic) bond motifs is 1. The van der Waals surface area contributed by atoms with Crippen molar-refractivity contribution in [2.24, 2.45) is 11.3 Å². The first kappa shape index (κ1) is 16.0. The molecule has 2 N–H and O–H groups in total. The van der Waals surface area contributed by atoms with Crippen LogP contribution in [0.1, 0.15) is 19.3 Å². The van der Waals surface area contributed by atoms with Gasteiger partial charge in [0.15, 0.2) is 0 Å². The predicted octanol–water partition coefficient (Wildman–Crippen LogP) is 2.54. The first-order valence-electron chi connectivity index (χ1n) is 7.72. The number of nitrogens with one attached hydrogen (secondary N) is 2. The van der Waals surface area contributed by atoms with Crippen LogP contribution in [0.4, 0.5) is 5.69 Å². The summed E-state index contributed by atoms with van der Waals surface area (Å²) in [5.41, 5.74) is 1.16. The molecule has 1 aliphatic carbocycles. The second-order valence-corrected chi connectivity index (χ2v) is 6.37. The number of hydrogen-bond acceptors (Lipinski definition) is 4. The van der Waals surface area contributed by atoms with Crippen molar-refractivity contribution in [3.05, 3.63) is 40.8 Å². The van der Waals surface area contributed by atoms with Crippen LogP contribution in [-0.4, -0.2) is 19.0 Å². The quantitative estimate of drug-likeness (QED) is 0.828. The molecule has 6 heteroatoms. The number of halogens is 1. The van der Waals surface area contributed by atoms with E-state index in [2.05, 4.69) is 10.6 Å². The molecule has 23 heavy (non-hydrogen) atoms. The van der Waals surface area contributed by atoms with Gasteiger partial charge >= 0.3 is 5.63 Å². The van der Waals surface area contributed by atoms with Crippen molar-refractivity contribution in [1.82, 2.24) is 5.32 Å². The summed E-state index contributed by atoms with van der Waals surface area (Å²) in [6.45, 7) is 2.03. The van der Waals surface area contributed by atoms with Crippen LogP contribution < -0.4 is 16.3 Å². The van der Waals surface area contributed by atoms with E-state index in [1.165, 1.54) is 6.07 Å². The molecule has 1 atom stereocenters. The molecule has 1 aromatic heterocycles. The van der Waals surface area contributed by atoms with Gasteiger partial charge in [-0.25, -0.2) is 4.79 Å². The maximum absolute atomic E-state index is 12.4. The van der Waals surface area contributed by atoms with Gasteiger partial charge in [-0.05, 0) is 62.0 Å². The van der Waals surface area contributed by atoms with Gasteiger partial charge in [0, 0.05) is 23.1 Å². The van der Waals surface area contributed by atoms with Crippen molar-refractivity contribution in [1.29, 1.82) is 0 Å². The van der Waals surface area contributed by atoms with Crippen molar-refractivity contribution >= 4 is 35.0 Å². The second-order valence-electron chi connectivity index (χ2n) is 6.37. The first-order valence-corrected chi connectivity index (χ1v) is 7.72. The van der Waals surface area contributed by atoms with Crippen molar-refractivity contribution in [2.75, 3.05) is 18.4 Å². The number of carbonyl (C=O) groups excluding carboxylic acids is 1. The van der Waals surface area contributed by atoms with Gasteiger partial charge in [-0.3, -0.25) is 4.79 Å². The molecule has 2 heterocycles. The number of carbonyl (C=O) groups is 1. The third-order valence-electron chi connectivity index (χ3n) is 4.99. The molecule has 2 aromatic rings. The minimum Gasteiger partial charge on any atom is -0.423 e. The fourth-order valence-electron chi connectivity index (χ4n) is 3.57. The number of piperidine rings is 1. The Balaban J connectivity index is 0.00000156. The van der Waals surface area contributed by atoms with Gasteiger partial charge in [0.1, 0.15) is 5.58 Å². The largest absolute Gasteiger partial charge is 0.423 e. The van der Waals surface area contributed by atoms with Gasteiger partial charge in [-0.2, -0.15) is 0 Å². The Kier molecular flexibility index (Phi) is 4.17. The highest BCUT2D eigenvalue weighted by atomic mass is 35.5. The average molecular weight is 335 g/mol. The highest BCUT2D eigenvalue weighted by Gasteiger charge is 2.57. The molecule has 1 unspecified atom stereocenters. The number of rotatable bonds is 2. The molecule has 1 saturated carbocycles. The number of benzene rings is 1. The minimum absolute atomic E-state index is 0. The van der Waals surface area contributed by atoms with Crippen LogP contribution in [0.15, 0.2) is 39.5 Å². The van der Waals surface area contributed by atoms with E-state index in [0.29, 0.717) is 5.58 Å². The van der Waals surface area contributed by atoms with Crippen molar-refractivity contribution < 1.29 is 9.21 Å². The monoisotopic (exact) mass is 334 g/mol. The van der Waals surface area contributed by atoms with Gasteiger partial charge in [0.2, 0.25) is 5.91 Å². The minimum atomic E-state index is -0.366. The van der Waals surface area contributed by atoms with Gasteiger partial charge in [-0.1, -0.05) is 0 Å². The number of hydrogen-bond donors (Lipinski definition) is 2. The lowest BCUT2D eigenvalue weighted by molar-refractivity contribution is -0.118. The average Bonchev–Trinajstić information content (AvgIpc) is 3.21. The fourth-order valence-corrected chi connectivity index (χ4v) is 3.57. The maximum Gasteiger partial charge on any atom is 0.336 e. The molecule has 1 aliphatic heterocycles. The van der Waals surface area contributed by atoms with Crippen LogP contribution in [0.2, 0.25) is 0 Å². The standard InChI is InChI=1S/C17H18N2O3.ClH/c20-15-4-1-11-9-12(2-3-14(11)22-15)19-16(21)13-10-17(13)5-7-18-8-6-17;/h1-4,9,13,18H,5-8,10H2,(H,19,21);1H. The normalized spacial score (nSPS) is 21.7. The Morgan fingerprint density at radius 3 is 2.78 bits per heavy atom. The molecule has 0 bridgehead atoms. The number of amides is 1. The molecule has 122 valence electrons. The molecule has 1 aromatic carbocycles. The van der Waals surface area contributed by atoms with E-state index in [9.17, 15) is 9.59 Å². The Bertz CT molecular complexity index is 796. The van der Waals surface area contributed by atoms with E-state index in [1.807, 2.05) is 6.07 Å². The van der Waals surface area contributed by atoms with Crippen LogP contribution in [-0.2, 0) is 4.79 Å². The van der Waals surface area contributed by atoms with E-state index in [0.717, 1.165) is 43.4 Å². The first-order chi connectivity index (χ1) is 10.7. The summed E-state index contributed by atoms with van der Waals surface area (Å²) in [5, 5.41) is 7.16. The zero-order valence-corrected chi connectivity index (χ0v) is 13.4. The molecule has 5 nitrogen and oxygen atoms in total. The lowest BCUT2D eigenvalue weighted by Crippen LogP contribution is -2.31. The van der Waals surface area contributed by atoms with Crippen molar-refractivity contribution in [3.63, 3.8) is 0 Å². The summed E-state index contributed by atoms with van der Waals surface area (Å²) < 4.78 is 5.10. The van der Waals surface area contributed by atoms with Gasteiger partial charge in [0.05, 0.1) is 0 Å². The summed E-state index contributed by atoms with van der Waals surface area (Å²) in [7, 11) is 0. The predicted molar refractivity (Wildman–Crippen MR) is 91.0 cm³/mol. The molecular weight excluding hydrogens is 316 g/mol. The summed E-state index contributed by atoms with van der Waals surface area (Å²) in [5.74, 6) is 0.248. The lowest BCUT2D eigenvalue weighted by atomic mass is 9.92. The van der Waals surface area contributed by atoms with Crippen LogP contribution in [0, 0.1) is 11.3 Å². The molecule has 2 fully saturated rings. The van der Waals surface area contributed by atoms with E-state index in [1.54, 1.807) is 18.2 Å². The van der Waals surface area contributed by atoms with E-state index >= 15 is 0 Å². The zero-order valence-electron chi connectivity index (χ0n) is 12.6. The molecule has 1 spiro atoms. The zero-order chi connectivity index (χ0) is 15.2. The Labute approximate surface area is 139 Å². The van der Waals surface area contributed by atoms with E-state index < -0.39 is 0 Å². The van der Waals surface area contributed by atoms with Crippen LogP contribution in [0.5, 0.6) is 0 Å². The summed E-state index contributed by atoms with van der Waals surface area (Å²) in [6, 6.07) is 8.44.